The van der Waals surface area contributed by atoms with Crippen molar-refractivity contribution in [1.82, 2.24) is 14.9 Å². The Morgan fingerprint density at radius 2 is 1.86 bits per heavy atom. The highest BCUT2D eigenvalue weighted by molar-refractivity contribution is 6.30. The maximum Gasteiger partial charge on any atom is 0.258 e. The number of benzene rings is 2. The van der Waals surface area contributed by atoms with Gasteiger partial charge < -0.3 is 0 Å². The molecular weight excluding hydrogens is 384 g/mol. The van der Waals surface area contributed by atoms with Gasteiger partial charge in [-0.3, -0.25) is 14.7 Å². The van der Waals surface area contributed by atoms with Crippen LogP contribution in [0.5, 0.6) is 0 Å². The van der Waals surface area contributed by atoms with Crippen LogP contribution in [0, 0.1) is 0 Å². The summed E-state index contributed by atoms with van der Waals surface area (Å²) in [6.45, 7) is 2.85. The second-order valence-corrected chi connectivity index (χ2v) is 7.42. The van der Waals surface area contributed by atoms with Crippen molar-refractivity contribution in [3.8, 4) is 0 Å². The molecule has 0 N–H and O–H groups in total. The van der Waals surface area contributed by atoms with Gasteiger partial charge in [0.15, 0.2) is 0 Å². The molecule has 1 atom stereocenters. The summed E-state index contributed by atoms with van der Waals surface area (Å²) in [4.78, 5) is 19.3. The molecule has 0 unspecified atom stereocenters. The molecule has 4 rings (SSSR count). The Kier molecular flexibility index (Phi) is 5.69. The predicted molar refractivity (Wildman–Crippen MR) is 114 cm³/mol. The normalized spacial score (nSPS) is 17.7. The van der Waals surface area contributed by atoms with Crippen molar-refractivity contribution in [2.45, 2.75) is 19.6 Å². The van der Waals surface area contributed by atoms with Crippen LogP contribution < -0.4 is 0 Å². The summed E-state index contributed by atoms with van der Waals surface area (Å²) in [7, 11) is 0. The molecule has 1 fully saturated rings. The number of hydrogen-bond acceptors (Lipinski definition) is 4. The van der Waals surface area contributed by atoms with Gasteiger partial charge in [-0.1, -0.05) is 60.1 Å². The minimum Gasteiger partial charge on any atom is -0.271 e. The number of rotatable bonds is 5. The van der Waals surface area contributed by atoms with Crippen LogP contribution in [-0.2, 0) is 11.3 Å². The van der Waals surface area contributed by atoms with Crippen molar-refractivity contribution >= 4 is 23.2 Å². The van der Waals surface area contributed by atoms with Crippen molar-refractivity contribution in [1.29, 1.82) is 0 Å². The molecule has 0 aliphatic carbocycles. The topological polar surface area (TPSA) is 48.8 Å². The summed E-state index contributed by atoms with van der Waals surface area (Å²) in [5, 5.41) is 6.94. The summed E-state index contributed by atoms with van der Waals surface area (Å²) in [5.74, 6) is -0.0388. The first-order chi connectivity index (χ1) is 14.1. The Bertz CT molecular complexity index is 1010. The first-order valence-corrected chi connectivity index (χ1v) is 9.81. The van der Waals surface area contributed by atoms with Crippen LogP contribution in [-0.4, -0.2) is 33.1 Å². The molecule has 1 aliphatic heterocycles. The molecule has 0 bridgehead atoms. The summed E-state index contributed by atoms with van der Waals surface area (Å²) in [6.07, 6.45) is 3.22. The van der Waals surface area contributed by atoms with Gasteiger partial charge in [0.1, 0.15) is 6.17 Å². The van der Waals surface area contributed by atoms with Gasteiger partial charge >= 0.3 is 0 Å². The van der Waals surface area contributed by atoms with Crippen molar-refractivity contribution < 1.29 is 4.79 Å². The monoisotopic (exact) mass is 404 g/mol. The highest BCUT2D eigenvalue weighted by atomic mass is 35.5. The van der Waals surface area contributed by atoms with Crippen molar-refractivity contribution in [3.63, 3.8) is 0 Å². The lowest BCUT2D eigenvalue weighted by atomic mass is 10.1. The molecule has 1 amide bonds. The van der Waals surface area contributed by atoms with Gasteiger partial charge in [-0.25, -0.2) is 5.01 Å². The van der Waals surface area contributed by atoms with Crippen LogP contribution in [0.1, 0.15) is 29.8 Å². The number of aromatic nitrogens is 1. The summed E-state index contributed by atoms with van der Waals surface area (Å²) >= 11 is 5.99. The number of hydrogen-bond donors (Lipinski definition) is 0. The van der Waals surface area contributed by atoms with E-state index in [2.05, 4.69) is 22.0 Å². The molecule has 0 spiro atoms. The Hall–Kier alpha value is -3.02. The minimum absolute atomic E-state index is 0.0388. The van der Waals surface area contributed by atoms with Gasteiger partial charge in [-0.05, 0) is 36.2 Å². The SMILES string of the molecule is C/C(=N/N1C(=O)CN(Cc2ccccc2)[C@@H]1c1cccnc1)c1ccc(Cl)cc1. The maximum atomic E-state index is 12.9. The van der Waals surface area contributed by atoms with Crippen molar-refractivity contribution in [2.24, 2.45) is 5.10 Å². The van der Waals surface area contributed by atoms with E-state index in [0.717, 1.165) is 22.4 Å². The molecule has 29 heavy (non-hydrogen) atoms. The molecule has 1 saturated heterocycles. The number of carbonyl (C=O) groups excluding carboxylic acids is 1. The highest BCUT2D eigenvalue weighted by Gasteiger charge is 2.39. The van der Waals surface area contributed by atoms with Gasteiger partial charge in [-0.2, -0.15) is 5.10 Å². The number of halogens is 1. The third-order valence-corrected chi connectivity index (χ3v) is 5.15. The van der Waals surface area contributed by atoms with E-state index in [-0.39, 0.29) is 12.1 Å². The van der Waals surface area contributed by atoms with E-state index in [4.69, 9.17) is 16.7 Å². The molecule has 1 aromatic heterocycles. The quantitative estimate of drug-likeness (QED) is 0.588. The number of pyridine rings is 1. The maximum absolute atomic E-state index is 12.9. The zero-order chi connectivity index (χ0) is 20.2. The van der Waals surface area contributed by atoms with Crippen LogP contribution in [0.4, 0.5) is 0 Å². The molecule has 6 heteroatoms. The van der Waals surface area contributed by atoms with E-state index in [1.807, 2.05) is 61.5 Å². The molecule has 146 valence electrons. The van der Waals surface area contributed by atoms with Crippen molar-refractivity contribution in [3.05, 3.63) is 101 Å². The number of hydrazone groups is 1. The highest BCUT2D eigenvalue weighted by Crippen LogP contribution is 2.32. The second kappa shape index (κ2) is 8.55. The summed E-state index contributed by atoms with van der Waals surface area (Å²) in [6, 6.07) is 21.4. The molecular formula is C23H21ClN4O. The minimum atomic E-state index is -0.307. The van der Waals surface area contributed by atoms with Gasteiger partial charge in [-0.15, -0.1) is 0 Å². The van der Waals surface area contributed by atoms with E-state index in [9.17, 15) is 4.79 Å². The molecule has 5 nitrogen and oxygen atoms in total. The van der Waals surface area contributed by atoms with E-state index in [1.54, 1.807) is 17.4 Å². The largest absolute Gasteiger partial charge is 0.271 e. The zero-order valence-corrected chi connectivity index (χ0v) is 16.8. The number of amides is 1. The molecule has 0 radical (unpaired) electrons. The Morgan fingerprint density at radius 1 is 1.10 bits per heavy atom. The number of nitrogens with zero attached hydrogens (tertiary/aromatic N) is 4. The summed E-state index contributed by atoms with van der Waals surface area (Å²) in [5.41, 5.74) is 3.76. The third-order valence-electron chi connectivity index (χ3n) is 4.90. The van der Waals surface area contributed by atoms with E-state index < -0.39 is 0 Å². The van der Waals surface area contributed by atoms with Gasteiger partial charge in [0.25, 0.3) is 5.91 Å². The fraction of sp³-hybridized carbons (Fsp3) is 0.174. The first-order valence-electron chi connectivity index (χ1n) is 9.43. The van der Waals surface area contributed by atoms with Crippen LogP contribution in [0.15, 0.2) is 84.2 Å². The fourth-order valence-electron chi connectivity index (χ4n) is 3.49. The van der Waals surface area contributed by atoms with Crippen LogP contribution >= 0.6 is 11.6 Å². The lowest BCUT2D eigenvalue weighted by Gasteiger charge is -2.27. The Balaban J connectivity index is 1.68. The standard InChI is InChI=1S/C23H21ClN4O/c1-17(19-9-11-21(24)12-10-19)26-28-22(29)16-27(15-18-6-3-2-4-7-18)23(28)20-8-5-13-25-14-20/h2-14,23H,15-16H2,1H3/b26-17-/t23-/m0/s1. The summed E-state index contributed by atoms with van der Waals surface area (Å²) < 4.78 is 0. The van der Waals surface area contributed by atoms with E-state index in [1.165, 1.54) is 0 Å². The van der Waals surface area contributed by atoms with Crippen LogP contribution in [0.3, 0.4) is 0 Å². The molecule has 0 saturated carbocycles. The fourth-order valence-corrected chi connectivity index (χ4v) is 3.61. The lowest BCUT2D eigenvalue weighted by molar-refractivity contribution is -0.128. The van der Waals surface area contributed by atoms with Gasteiger partial charge in [0.05, 0.1) is 12.3 Å². The van der Waals surface area contributed by atoms with Gasteiger partial charge in [0, 0.05) is 29.5 Å². The Morgan fingerprint density at radius 3 is 2.55 bits per heavy atom. The van der Waals surface area contributed by atoms with Gasteiger partial charge in [0.2, 0.25) is 0 Å². The Labute approximate surface area is 175 Å². The number of carbonyl (C=O) groups is 1. The van der Waals surface area contributed by atoms with Crippen LogP contribution in [0.25, 0.3) is 0 Å². The molecule has 1 aliphatic rings. The smallest absolute Gasteiger partial charge is 0.258 e. The molecule has 2 heterocycles. The van der Waals surface area contributed by atoms with E-state index in [0.29, 0.717) is 18.1 Å². The van der Waals surface area contributed by atoms with Crippen LogP contribution in [0.2, 0.25) is 5.02 Å². The van der Waals surface area contributed by atoms with Crippen molar-refractivity contribution in [2.75, 3.05) is 6.54 Å². The average Bonchev–Trinajstić information content (AvgIpc) is 3.04. The average molecular weight is 405 g/mol. The lowest BCUT2D eigenvalue weighted by Crippen LogP contribution is -2.29. The van der Waals surface area contributed by atoms with E-state index >= 15 is 0 Å². The second-order valence-electron chi connectivity index (χ2n) is 6.98. The molecule has 3 aromatic rings. The molecule has 2 aromatic carbocycles. The third kappa shape index (κ3) is 4.36. The zero-order valence-electron chi connectivity index (χ0n) is 16.1. The first kappa shape index (κ1) is 19.3. The predicted octanol–water partition coefficient (Wildman–Crippen LogP) is 4.50.